The second kappa shape index (κ2) is 5.19. The van der Waals surface area contributed by atoms with Crippen molar-refractivity contribution >= 4 is 11.6 Å². The Morgan fingerprint density at radius 1 is 1.31 bits per heavy atom. The van der Waals surface area contributed by atoms with Crippen LogP contribution in [0.4, 0.5) is 11.6 Å². The summed E-state index contributed by atoms with van der Waals surface area (Å²) >= 11 is 0. The first kappa shape index (κ1) is 12.8. The van der Waals surface area contributed by atoms with Crippen molar-refractivity contribution < 1.29 is 0 Å². The molecule has 0 aliphatic heterocycles. The van der Waals surface area contributed by atoms with Crippen molar-refractivity contribution in [1.82, 2.24) is 4.98 Å². The molecule has 0 spiro atoms. The molecule has 0 saturated carbocycles. The molecule has 3 nitrogen and oxygen atoms in total. The summed E-state index contributed by atoms with van der Waals surface area (Å²) in [6, 6.07) is 6.10. The number of pyridine rings is 1. The Labute approximate surface area is 98.9 Å². The number of rotatable bonds is 4. The fourth-order valence-electron chi connectivity index (χ4n) is 1.54. The second-order valence-corrected chi connectivity index (χ2v) is 5.18. The maximum absolute atomic E-state index is 4.59. The lowest BCUT2D eigenvalue weighted by atomic mass is 10.1. The second-order valence-electron chi connectivity index (χ2n) is 5.18. The highest BCUT2D eigenvalue weighted by atomic mass is 15.2. The summed E-state index contributed by atoms with van der Waals surface area (Å²) in [6.45, 7) is 9.62. The van der Waals surface area contributed by atoms with Crippen molar-refractivity contribution in [1.29, 1.82) is 0 Å². The molecule has 90 valence electrons. The molecule has 1 heterocycles. The maximum Gasteiger partial charge on any atom is 0.130 e. The number of aromatic nitrogens is 1. The van der Waals surface area contributed by atoms with Gasteiger partial charge in [-0.25, -0.2) is 4.98 Å². The van der Waals surface area contributed by atoms with E-state index in [4.69, 9.17) is 0 Å². The summed E-state index contributed by atoms with van der Waals surface area (Å²) < 4.78 is 0. The molecule has 0 unspecified atom stereocenters. The van der Waals surface area contributed by atoms with E-state index >= 15 is 0 Å². The summed E-state index contributed by atoms with van der Waals surface area (Å²) in [7, 11) is 2.08. The number of nitrogens with zero attached hydrogens (tertiary/aromatic N) is 2. The first-order chi connectivity index (χ1) is 7.42. The van der Waals surface area contributed by atoms with E-state index in [-0.39, 0.29) is 5.54 Å². The third kappa shape index (κ3) is 4.09. The van der Waals surface area contributed by atoms with Crippen molar-refractivity contribution in [2.75, 3.05) is 23.8 Å². The normalized spacial score (nSPS) is 11.3. The van der Waals surface area contributed by atoms with Crippen LogP contribution in [0, 0.1) is 0 Å². The van der Waals surface area contributed by atoms with Gasteiger partial charge in [0.25, 0.3) is 0 Å². The van der Waals surface area contributed by atoms with Gasteiger partial charge < -0.3 is 10.2 Å². The van der Waals surface area contributed by atoms with Gasteiger partial charge in [-0.05, 0) is 39.3 Å². The number of nitrogens with one attached hydrogen (secondary N) is 1. The molecule has 0 amide bonds. The molecule has 3 heteroatoms. The lowest BCUT2D eigenvalue weighted by molar-refractivity contribution is 0.630. The summed E-state index contributed by atoms with van der Waals surface area (Å²) in [5.74, 6) is 1.96. The van der Waals surface area contributed by atoms with Crippen LogP contribution < -0.4 is 10.2 Å². The molecule has 1 aromatic rings. The van der Waals surface area contributed by atoms with Gasteiger partial charge in [0.15, 0.2) is 0 Å². The molecule has 0 aromatic carbocycles. The maximum atomic E-state index is 4.59. The minimum absolute atomic E-state index is 0.0505. The molecule has 0 bridgehead atoms. The monoisotopic (exact) mass is 221 g/mol. The smallest absolute Gasteiger partial charge is 0.130 e. The Morgan fingerprint density at radius 3 is 2.56 bits per heavy atom. The van der Waals surface area contributed by atoms with Gasteiger partial charge in [-0.2, -0.15) is 0 Å². The third-order valence-electron chi connectivity index (χ3n) is 2.19. The van der Waals surface area contributed by atoms with E-state index in [9.17, 15) is 0 Å². The molecular formula is C13H23N3. The predicted molar refractivity (Wildman–Crippen MR) is 71.2 cm³/mol. The lowest BCUT2D eigenvalue weighted by Crippen LogP contribution is -2.27. The van der Waals surface area contributed by atoms with E-state index in [0.717, 1.165) is 24.6 Å². The Morgan fingerprint density at radius 2 is 2.00 bits per heavy atom. The molecule has 0 atom stereocenters. The van der Waals surface area contributed by atoms with Crippen LogP contribution in [0.3, 0.4) is 0 Å². The highest BCUT2D eigenvalue weighted by Gasteiger charge is 2.10. The molecule has 0 radical (unpaired) electrons. The van der Waals surface area contributed by atoms with Gasteiger partial charge in [0.1, 0.15) is 11.6 Å². The van der Waals surface area contributed by atoms with Crippen molar-refractivity contribution in [2.24, 2.45) is 0 Å². The van der Waals surface area contributed by atoms with Crippen molar-refractivity contribution in [2.45, 2.75) is 39.7 Å². The molecule has 0 aliphatic rings. The van der Waals surface area contributed by atoms with Gasteiger partial charge in [0.05, 0.1) is 0 Å². The molecule has 1 rings (SSSR count). The Bertz CT molecular complexity index is 328. The number of hydrogen-bond donors (Lipinski definition) is 1. The van der Waals surface area contributed by atoms with Crippen LogP contribution in [0.1, 0.15) is 34.1 Å². The molecule has 1 aromatic heterocycles. The average Bonchev–Trinajstić information content (AvgIpc) is 2.16. The topological polar surface area (TPSA) is 28.2 Å². The Hall–Kier alpha value is -1.25. The highest BCUT2D eigenvalue weighted by molar-refractivity contribution is 5.47. The first-order valence-electron chi connectivity index (χ1n) is 5.89. The van der Waals surface area contributed by atoms with Gasteiger partial charge >= 0.3 is 0 Å². The van der Waals surface area contributed by atoms with Crippen LogP contribution in [-0.2, 0) is 0 Å². The lowest BCUT2D eigenvalue weighted by Gasteiger charge is -2.23. The van der Waals surface area contributed by atoms with E-state index in [0.29, 0.717) is 0 Å². The number of hydrogen-bond acceptors (Lipinski definition) is 3. The van der Waals surface area contributed by atoms with Crippen molar-refractivity contribution in [3.8, 4) is 0 Å². The largest absolute Gasteiger partial charge is 0.365 e. The minimum atomic E-state index is 0.0505. The van der Waals surface area contributed by atoms with Crippen LogP contribution in [0.25, 0.3) is 0 Å². The van der Waals surface area contributed by atoms with E-state index in [1.54, 1.807) is 0 Å². The zero-order valence-electron chi connectivity index (χ0n) is 11.0. The third-order valence-corrected chi connectivity index (χ3v) is 2.19. The first-order valence-corrected chi connectivity index (χ1v) is 5.89. The molecule has 0 aliphatic carbocycles. The molecule has 0 fully saturated rings. The van der Waals surface area contributed by atoms with Gasteiger partial charge in [-0.1, -0.05) is 13.0 Å². The van der Waals surface area contributed by atoms with Crippen LogP contribution in [0.2, 0.25) is 0 Å². The van der Waals surface area contributed by atoms with E-state index in [2.05, 4.69) is 49.9 Å². The Kier molecular flexibility index (Phi) is 4.16. The van der Waals surface area contributed by atoms with Gasteiger partial charge in [-0.15, -0.1) is 0 Å². The quantitative estimate of drug-likeness (QED) is 0.846. The summed E-state index contributed by atoms with van der Waals surface area (Å²) in [5, 5.41) is 3.38. The van der Waals surface area contributed by atoms with Gasteiger partial charge in [0, 0.05) is 19.1 Å². The van der Waals surface area contributed by atoms with Gasteiger partial charge in [-0.3, -0.25) is 0 Å². The molecule has 1 N–H and O–H groups in total. The molecule has 16 heavy (non-hydrogen) atoms. The summed E-state index contributed by atoms with van der Waals surface area (Å²) in [4.78, 5) is 6.77. The fraction of sp³-hybridized carbons (Fsp3) is 0.615. The van der Waals surface area contributed by atoms with Crippen LogP contribution >= 0.6 is 0 Å². The molecule has 0 saturated heterocycles. The standard InChI is InChI=1S/C13H23N3/c1-6-10-16(5)12-9-7-8-11(14-12)15-13(2,3)4/h7-9H,6,10H2,1-5H3,(H,14,15). The van der Waals surface area contributed by atoms with E-state index in [1.165, 1.54) is 0 Å². The van der Waals surface area contributed by atoms with Crippen molar-refractivity contribution in [3.63, 3.8) is 0 Å². The van der Waals surface area contributed by atoms with Crippen LogP contribution in [0.5, 0.6) is 0 Å². The van der Waals surface area contributed by atoms with Crippen LogP contribution in [0.15, 0.2) is 18.2 Å². The highest BCUT2D eigenvalue weighted by Crippen LogP contribution is 2.16. The SMILES string of the molecule is CCCN(C)c1cccc(NC(C)(C)C)n1. The summed E-state index contributed by atoms with van der Waals surface area (Å²) in [5.41, 5.74) is 0.0505. The zero-order chi connectivity index (χ0) is 12.2. The molecular weight excluding hydrogens is 198 g/mol. The van der Waals surface area contributed by atoms with E-state index < -0.39 is 0 Å². The van der Waals surface area contributed by atoms with Gasteiger partial charge in [0.2, 0.25) is 0 Å². The van der Waals surface area contributed by atoms with Crippen molar-refractivity contribution in [3.05, 3.63) is 18.2 Å². The fourth-order valence-corrected chi connectivity index (χ4v) is 1.54. The van der Waals surface area contributed by atoms with Crippen LogP contribution in [-0.4, -0.2) is 24.1 Å². The zero-order valence-corrected chi connectivity index (χ0v) is 11.0. The Balaban J connectivity index is 2.78. The predicted octanol–water partition coefficient (Wildman–Crippen LogP) is 3.14. The average molecular weight is 221 g/mol. The number of anilines is 2. The van der Waals surface area contributed by atoms with E-state index in [1.807, 2.05) is 18.2 Å². The minimum Gasteiger partial charge on any atom is -0.365 e. The summed E-state index contributed by atoms with van der Waals surface area (Å²) in [6.07, 6.45) is 1.13.